The minimum Gasteiger partial charge on any atom is -0.459 e. The number of thiophene rings is 1. The molecule has 2 heterocycles. The molecule has 0 spiro atoms. The second-order valence-corrected chi connectivity index (χ2v) is 5.48. The van der Waals surface area contributed by atoms with Crippen molar-refractivity contribution in [3.05, 3.63) is 65.9 Å². The van der Waals surface area contributed by atoms with Gasteiger partial charge in [0.2, 0.25) is 0 Å². The third kappa shape index (κ3) is 3.78. The molecule has 23 heavy (non-hydrogen) atoms. The van der Waals surface area contributed by atoms with E-state index in [2.05, 4.69) is 16.0 Å². The van der Waals surface area contributed by atoms with Gasteiger partial charge in [-0.1, -0.05) is 12.1 Å². The smallest absolute Gasteiger partial charge is 0.324 e. The quantitative estimate of drug-likeness (QED) is 0.670. The molecule has 6 nitrogen and oxygen atoms in total. The molecule has 0 aliphatic carbocycles. The zero-order valence-electron chi connectivity index (χ0n) is 11.9. The van der Waals surface area contributed by atoms with Gasteiger partial charge in [0.25, 0.3) is 5.91 Å². The van der Waals surface area contributed by atoms with E-state index >= 15 is 0 Å². The third-order valence-electron chi connectivity index (χ3n) is 2.93. The van der Waals surface area contributed by atoms with Gasteiger partial charge in [-0.2, -0.15) is 0 Å². The summed E-state index contributed by atoms with van der Waals surface area (Å²) in [5, 5.41) is 10.7. The Morgan fingerprint density at radius 3 is 2.30 bits per heavy atom. The van der Waals surface area contributed by atoms with Gasteiger partial charge in [-0.15, -0.1) is 11.3 Å². The SMILES string of the molecule is O=C(Nc1cccs1)Nc1ccccc1NC(=O)c1ccco1. The Balaban J connectivity index is 1.70. The largest absolute Gasteiger partial charge is 0.459 e. The minimum absolute atomic E-state index is 0.197. The molecule has 3 amide bonds. The lowest BCUT2D eigenvalue weighted by atomic mass is 10.2. The normalized spacial score (nSPS) is 10.1. The van der Waals surface area contributed by atoms with E-state index in [4.69, 9.17) is 4.42 Å². The number of rotatable bonds is 4. The summed E-state index contributed by atoms with van der Waals surface area (Å²) in [6, 6.07) is 13.4. The van der Waals surface area contributed by atoms with E-state index in [1.807, 2.05) is 11.4 Å². The summed E-state index contributed by atoms with van der Waals surface area (Å²) in [6.45, 7) is 0. The van der Waals surface area contributed by atoms with E-state index in [1.54, 1.807) is 42.5 Å². The molecule has 3 N–H and O–H groups in total. The number of furan rings is 1. The van der Waals surface area contributed by atoms with E-state index in [0.29, 0.717) is 11.4 Å². The summed E-state index contributed by atoms with van der Waals surface area (Å²) in [6.07, 6.45) is 1.42. The summed E-state index contributed by atoms with van der Waals surface area (Å²) in [7, 11) is 0. The topological polar surface area (TPSA) is 83.4 Å². The highest BCUT2D eigenvalue weighted by Gasteiger charge is 2.12. The number of amides is 3. The minimum atomic E-state index is -0.386. The van der Waals surface area contributed by atoms with Gasteiger partial charge < -0.3 is 15.1 Å². The Morgan fingerprint density at radius 1 is 0.870 bits per heavy atom. The maximum atomic E-state index is 12.0. The van der Waals surface area contributed by atoms with E-state index in [-0.39, 0.29) is 17.7 Å². The van der Waals surface area contributed by atoms with Crippen molar-refractivity contribution in [2.24, 2.45) is 0 Å². The number of carbonyl (C=O) groups is 2. The lowest BCUT2D eigenvalue weighted by Crippen LogP contribution is -2.20. The molecule has 7 heteroatoms. The number of para-hydroxylation sites is 2. The van der Waals surface area contributed by atoms with Crippen LogP contribution in [0.2, 0.25) is 0 Å². The summed E-state index contributed by atoms with van der Waals surface area (Å²) in [5.74, 6) is -0.189. The number of hydrogen-bond acceptors (Lipinski definition) is 4. The molecular formula is C16H13N3O3S. The second-order valence-electron chi connectivity index (χ2n) is 4.53. The molecule has 0 aliphatic heterocycles. The average Bonchev–Trinajstić information content (AvgIpc) is 3.22. The maximum Gasteiger partial charge on any atom is 0.324 e. The van der Waals surface area contributed by atoms with Crippen LogP contribution in [0.25, 0.3) is 0 Å². The number of carbonyl (C=O) groups excluding carboxylic acids is 2. The van der Waals surface area contributed by atoms with E-state index in [1.165, 1.54) is 17.6 Å². The van der Waals surface area contributed by atoms with Crippen LogP contribution in [0.5, 0.6) is 0 Å². The van der Waals surface area contributed by atoms with Gasteiger partial charge in [0.05, 0.1) is 22.6 Å². The lowest BCUT2D eigenvalue weighted by Gasteiger charge is -2.11. The van der Waals surface area contributed by atoms with Crippen molar-refractivity contribution in [3.63, 3.8) is 0 Å². The molecular weight excluding hydrogens is 314 g/mol. The predicted molar refractivity (Wildman–Crippen MR) is 90.1 cm³/mol. The van der Waals surface area contributed by atoms with Crippen LogP contribution in [0, 0.1) is 0 Å². The van der Waals surface area contributed by atoms with Crippen molar-refractivity contribution in [2.45, 2.75) is 0 Å². The summed E-state index contributed by atoms with van der Waals surface area (Å²) in [4.78, 5) is 24.0. The predicted octanol–water partition coefficient (Wildman–Crippen LogP) is 4.24. The molecule has 3 rings (SSSR count). The van der Waals surface area contributed by atoms with Gasteiger partial charge in [0.15, 0.2) is 5.76 Å². The zero-order chi connectivity index (χ0) is 16.1. The molecule has 3 aromatic rings. The van der Waals surface area contributed by atoms with Gasteiger partial charge in [-0.25, -0.2) is 4.79 Å². The first kappa shape index (κ1) is 14.9. The van der Waals surface area contributed by atoms with E-state index < -0.39 is 0 Å². The van der Waals surface area contributed by atoms with Crippen molar-refractivity contribution in [1.29, 1.82) is 0 Å². The number of nitrogens with one attached hydrogen (secondary N) is 3. The molecule has 0 saturated carbocycles. The van der Waals surface area contributed by atoms with Crippen LogP contribution in [0.4, 0.5) is 21.2 Å². The van der Waals surface area contributed by atoms with Crippen molar-refractivity contribution >= 4 is 39.7 Å². The van der Waals surface area contributed by atoms with Crippen molar-refractivity contribution in [1.82, 2.24) is 0 Å². The highest BCUT2D eigenvalue weighted by Crippen LogP contribution is 2.23. The fraction of sp³-hybridized carbons (Fsp3) is 0. The second kappa shape index (κ2) is 6.80. The standard InChI is InChI=1S/C16H13N3O3S/c20-15(13-7-3-9-22-13)17-11-5-1-2-6-12(11)18-16(21)19-14-8-4-10-23-14/h1-10H,(H,17,20)(H2,18,19,21). The number of benzene rings is 1. The van der Waals surface area contributed by atoms with E-state index in [0.717, 1.165) is 5.00 Å². The molecule has 0 aliphatic rings. The molecule has 0 atom stereocenters. The number of anilines is 3. The molecule has 0 saturated heterocycles. The molecule has 2 aromatic heterocycles. The Kier molecular flexibility index (Phi) is 4.39. The molecule has 0 unspecified atom stereocenters. The Hall–Kier alpha value is -3.06. The number of hydrogen-bond donors (Lipinski definition) is 3. The first-order chi connectivity index (χ1) is 11.2. The Bertz CT molecular complexity index is 798. The first-order valence-corrected chi connectivity index (χ1v) is 7.66. The lowest BCUT2D eigenvalue weighted by molar-refractivity contribution is 0.0996. The van der Waals surface area contributed by atoms with Gasteiger partial charge in [0.1, 0.15) is 0 Å². The fourth-order valence-corrected chi connectivity index (χ4v) is 2.52. The van der Waals surface area contributed by atoms with Crippen molar-refractivity contribution in [3.8, 4) is 0 Å². The van der Waals surface area contributed by atoms with Crippen LogP contribution in [-0.2, 0) is 0 Å². The van der Waals surface area contributed by atoms with E-state index in [9.17, 15) is 9.59 Å². The van der Waals surface area contributed by atoms with Gasteiger partial charge in [-0.3, -0.25) is 10.1 Å². The maximum absolute atomic E-state index is 12.0. The van der Waals surface area contributed by atoms with Gasteiger partial charge in [0, 0.05) is 0 Å². The number of urea groups is 1. The summed E-state index contributed by atoms with van der Waals surface area (Å²) in [5.41, 5.74) is 0.969. The van der Waals surface area contributed by atoms with Crippen LogP contribution < -0.4 is 16.0 Å². The first-order valence-electron chi connectivity index (χ1n) is 6.78. The summed E-state index contributed by atoms with van der Waals surface area (Å²) < 4.78 is 5.05. The fourth-order valence-electron chi connectivity index (χ4n) is 1.91. The Morgan fingerprint density at radius 2 is 1.65 bits per heavy atom. The molecule has 0 fully saturated rings. The van der Waals surface area contributed by atoms with Crippen molar-refractivity contribution in [2.75, 3.05) is 16.0 Å². The highest BCUT2D eigenvalue weighted by atomic mass is 32.1. The molecule has 116 valence electrons. The monoisotopic (exact) mass is 327 g/mol. The molecule has 0 radical (unpaired) electrons. The van der Waals surface area contributed by atoms with Gasteiger partial charge >= 0.3 is 6.03 Å². The average molecular weight is 327 g/mol. The molecule has 1 aromatic carbocycles. The summed E-state index contributed by atoms with van der Waals surface area (Å²) >= 11 is 1.42. The van der Waals surface area contributed by atoms with Crippen LogP contribution in [0.1, 0.15) is 10.6 Å². The van der Waals surface area contributed by atoms with Gasteiger partial charge in [-0.05, 0) is 41.8 Å². The zero-order valence-corrected chi connectivity index (χ0v) is 12.7. The van der Waals surface area contributed by atoms with Crippen LogP contribution in [0.3, 0.4) is 0 Å². The third-order valence-corrected chi connectivity index (χ3v) is 3.71. The van der Waals surface area contributed by atoms with Crippen LogP contribution >= 0.6 is 11.3 Å². The highest BCUT2D eigenvalue weighted by molar-refractivity contribution is 7.14. The van der Waals surface area contributed by atoms with Crippen LogP contribution in [0.15, 0.2) is 64.6 Å². The van der Waals surface area contributed by atoms with Crippen molar-refractivity contribution < 1.29 is 14.0 Å². The Labute approximate surface area is 136 Å². The molecule has 0 bridgehead atoms. The van der Waals surface area contributed by atoms with Crippen LogP contribution in [-0.4, -0.2) is 11.9 Å².